The van der Waals surface area contributed by atoms with Crippen LogP contribution in [0.15, 0.2) is 30.3 Å². The molecular formula is C42H80O6Si3. The molecule has 0 N–H and O–H groups in total. The van der Waals surface area contributed by atoms with Gasteiger partial charge in [0, 0.05) is 38.1 Å². The molecule has 1 saturated heterocycles. The first-order valence-corrected chi connectivity index (χ1v) is 28.7. The van der Waals surface area contributed by atoms with Crippen LogP contribution in [0, 0.1) is 5.92 Å². The monoisotopic (exact) mass is 765 g/mol. The van der Waals surface area contributed by atoms with E-state index in [0.717, 1.165) is 37.9 Å². The summed E-state index contributed by atoms with van der Waals surface area (Å²) in [6.45, 7) is 40.9. The van der Waals surface area contributed by atoms with E-state index in [1.807, 2.05) is 18.2 Å². The van der Waals surface area contributed by atoms with E-state index >= 15 is 0 Å². The Bertz CT molecular complexity index is 1190. The first-order chi connectivity index (χ1) is 23.1. The van der Waals surface area contributed by atoms with Crippen molar-refractivity contribution in [3.63, 3.8) is 0 Å². The van der Waals surface area contributed by atoms with Crippen LogP contribution in [0.2, 0.25) is 54.4 Å². The van der Waals surface area contributed by atoms with Gasteiger partial charge in [0.05, 0.1) is 18.3 Å². The second-order valence-corrected chi connectivity index (χ2v) is 34.7. The van der Waals surface area contributed by atoms with E-state index in [9.17, 15) is 4.79 Å². The van der Waals surface area contributed by atoms with Gasteiger partial charge in [0.25, 0.3) is 0 Å². The number of hydrogen-bond acceptors (Lipinski definition) is 6. The molecule has 0 unspecified atom stereocenters. The van der Waals surface area contributed by atoms with E-state index in [2.05, 4.69) is 128 Å². The topological polar surface area (TPSA) is 63.2 Å². The number of ether oxygens (including phenoxy) is 2. The Morgan fingerprint density at radius 1 is 0.784 bits per heavy atom. The molecule has 0 bridgehead atoms. The van der Waals surface area contributed by atoms with E-state index in [4.69, 9.17) is 22.8 Å². The van der Waals surface area contributed by atoms with Gasteiger partial charge in [-0.1, -0.05) is 99.6 Å². The molecule has 1 aromatic carbocycles. The van der Waals surface area contributed by atoms with Crippen LogP contribution < -0.4 is 0 Å². The normalized spacial score (nSPS) is 20.6. The molecule has 9 heteroatoms. The summed E-state index contributed by atoms with van der Waals surface area (Å²) in [6.07, 6.45) is 4.80. The van der Waals surface area contributed by atoms with Crippen LogP contribution in [0.4, 0.5) is 0 Å². The van der Waals surface area contributed by atoms with Crippen molar-refractivity contribution in [1.82, 2.24) is 0 Å². The summed E-state index contributed by atoms with van der Waals surface area (Å²) in [4.78, 5) is 13.7. The van der Waals surface area contributed by atoms with Gasteiger partial charge in [-0.15, -0.1) is 0 Å². The van der Waals surface area contributed by atoms with Crippen LogP contribution in [-0.4, -0.2) is 67.9 Å². The maximum atomic E-state index is 13.7. The first-order valence-electron chi connectivity index (χ1n) is 19.9. The van der Waals surface area contributed by atoms with Crippen LogP contribution >= 0.6 is 0 Å². The van der Waals surface area contributed by atoms with Gasteiger partial charge in [-0.2, -0.15) is 0 Å². The molecule has 296 valence electrons. The number of benzene rings is 1. The number of carbonyl (C=O) groups excluding carboxylic acids is 1. The molecule has 1 aliphatic heterocycles. The lowest BCUT2D eigenvalue weighted by Gasteiger charge is -2.45. The van der Waals surface area contributed by atoms with E-state index < -0.39 is 30.6 Å². The number of rotatable bonds is 20. The molecule has 0 amide bonds. The quantitative estimate of drug-likeness (QED) is 0.123. The number of ketones is 1. The smallest absolute Gasteiger partial charge is 0.192 e. The molecule has 0 aliphatic carbocycles. The molecule has 1 heterocycles. The minimum absolute atomic E-state index is 0.0286. The van der Waals surface area contributed by atoms with Gasteiger partial charge in [-0.3, -0.25) is 4.79 Å². The van der Waals surface area contributed by atoms with Crippen molar-refractivity contribution in [2.45, 2.75) is 206 Å². The Kier molecular flexibility index (Phi) is 16.7. The molecule has 0 radical (unpaired) electrons. The zero-order valence-corrected chi connectivity index (χ0v) is 39.2. The van der Waals surface area contributed by atoms with E-state index in [1.165, 1.54) is 0 Å². The SMILES string of the molecule is C[C@@H](CO[Si](C)(C)C(C)(C)C)[C@H](CCCC(=O)CC[C@H](O[Si](C)(C)C(C)(C)C)[C@H](OCc1ccccc1)[C@@]1(C)CCCO1)O[Si](C)(C)C(C)(C)C. The van der Waals surface area contributed by atoms with Gasteiger partial charge in [0.1, 0.15) is 11.9 Å². The predicted octanol–water partition coefficient (Wildman–Crippen LogP) is 12.1. The number of carbonyl (C=O) groups is 1. The molecular weight excluding hydrogens is 685 g/mol. The summed E-state index contributed by atoms with van der Waals surface area (Å²) in [5.74, 6) is 0.537. The average molecular weight is 765 g/mol. The van der Waals surface area contributed by atoms with E-state index in [1.54, 1.807) is 0 Å². The standard InChI is InChI=1S/C42H80O6Si3/c1-33(31-46-49(12,13)39(2,3)4)36(47-50(14,15)40(5,6)7)26-21-25-35(43)27-28-37(48-51(16,17)41(8,9)10)38(42(11)29-22-30-45-42)44-32-34-23-19-18-20-24-34/h18-20,23-24,33,36-38H,21-22,25-32H2,1-17H3/t33-,36-,37-,38-,42+/m0/s1. The van der Waals surface area contributed by atoms with Crippen molar-refractivity contribution in [3.05, 3.63) is 35.9 Å². The highest BCUT2D eigenvalue weighted by atomic mass is 28.4. The van der Waals surface area contributed by atoms with Gasteiger partial charge in [-0.25, -0.2) is 0 Å². The molecule has 2 rings (SSSR count). The first kappa shape index (κ1) is 46.5. The van der Waals surface area contributed by atoms with Crippen molar-refractivity contribution in [3.8, 4) is 0 Å². The highest BCUT2D eigenvalue weighted by Gasteiger charge is 2.48. The molecule has 0 saturated carbocycles. The van der Waals surface area contributed by atoms with Crippen LogP contribution in [-0.2, 0) is 34.2 Å². The Balaban J connectivity index is 2.21. The number of hydrogen-bond donors (Lipinski definition) is 0. The molecule has 51 heavy (non-hydrogen) atoms. The van der Waals surface area contributed by atoms with Gasteiger partial charge in [-0.05, 0) is 99.0 Å². The van der Waals surface area contributed by atoms with E-state index in [0.29, 0.717) is 32.5 Å². The Morgan fingerprint density at radius 2 is 1.31 bits per heavy atom. The lowest BCUT2D eigenvalue weighted by atomic mass is 9.89. The summed E-state index contributed by atoms with van der Waals surface area (Å²) in [6, 6.07) is 10.3. The third kappa shape index (κ3) is 13.9. The minimum Gasteiger partial charge on any atom is -0.416 e. The average Bonchev–Trinajstić information content (AvgIpc) is 3.43. The lowest BCUT2D eigenvalue weighted by Crippen LogP contribution is -2.54. The van der Waals surface area contributed by atoms with Crippen molar-refractivity contribution in [1.29, 1.82) is 0 Å². The molecule has 1 aliphatic rings. The third-order valence-electron chi connectivity index (χ3n) is 12.8. The van der Waals surface area contributed by atoms with Crippen LogP contribution in [0.5, 0.6) is 0 Å². The van der Waals surface area contributed by atoms with Crippen molar-refractivity contribution in [2.75, 3.05) is 13.2 Å². The summed E-state index contributed by atoms with van der Waals surface area (Å²) in [5.41, 5.74) is 0.673. The van der Waals surface area contributed by atoms with Crippen molar-refractivity contribution in [2.24, 2.45) is 5.92 Å². The molecule has 1 fully saturated rings. The number of Topliss-reactive ketones (excluding diaryl/α,β-unsaturated/α-hetero) is 1. The van der Waals surface area contributed by atoms with Crippen molar-refractivity contribution >= 4 is 30.7 Å². The Morgan fingerprint density at radius 3 is 1.80 bits per heavy atom. The molecule has 6 nitrogen and oxygen atoms in total. The molecule has 0 aromatic heterocycles. The highest BCUT2D eigenvalue weighted by Crippen LogP contribution is 2.43. The third-order valence-corrected chi connectivity index (χ3v) is 26.3. The van der Waals surface area contributed by atoms with Crippen molar-refractivity contribution < 1.29 is 27.5 Å². The minimum atomic E-state index is -2.19. The molecule has 5 atom stereocenters. The highest BCUT2D eigenvalue weighted by molar-refractivity contribution is 6.75. The fourth-order valence-corrected chi connectivity index (χ4v) is 9.82. The Hall–Kier alpha value is -0.659. The lowest BCUT2D eigenvalue weighted by molar-refractivity contribution is -0.157. The van der Waals surface area contributed by atoms with E-state index in [-0.39, 0.29) is 45.1 Å². The second kappa shape index (κ2) is 18.3. The largest absolute Gasteiger partial charge is 0.416 e. The zero-order chi connectivity index (χ0) is 39.1. The van der Waals surface area contributed by atoms with Gasteiger partial charge < -0.3 is 22.8 Å². The van der Waals surface area contributed by atoms with Crippen LogP contribution in [0.3, 0.4) is 0 Å². The summed E-state index contributed by atoms with van der Waals surface area (Å²) in [5, 5.41) is 0.299. The predicted molar refractivity (Wildman–Crippen MR) is 223 cm³/mol. The summed E-state index contributed by atoms with van der Waals surface area (Å²) in [7, 11) is -6.09. The van der Waals surface area contributed by atoms with Gasteiger partial charge >= 0.3 is 0 Å². The zero-order valence-electron chi connectivity index (χ0n) is 36.2. The maximum Gasteiger partial charge on any atom is 0.192 e. The molecule has 1 aromatic rings. The van der Waals surface area contributed by atoms with Gasteiger partial charge in [0.2, 0.25) is 0 Å². The van der Waals surface area contributed by atoms with Gasteiger partial charge in [0.15, 0.2) is 25.0 Å². The second-order valence-electron chi connectivity index (χ2n) is 20.3. The summed E-state index contributed by atoms with van der Waals surface area (Å²) >= 11 is 0. The van der Waals surface area contributed by atoms with Crippen LogP contribution in [0.1, 0.15) is 127 Å². The molecule has 0 spiro atoms. The fourth-order valence-electron chi connectivity index (χ4n) is 5.90. The summed E-state index contributed by atoms with van der Waals surface area (Å²) < 4.78 is 34.1. The maximum absolute atomic E-state index is 13.7. The Labute approximate surface area is 318 Å². The van der Waals surface area contributed by atoms with Crippen LogP contribution in [0.25, 0.3) is 0 Å². The fraction of sp³-hybridized carbons (Fsp3) is 0.833.